The highest BCUT2D eigenvalue weighted by molar-refractivity contribution is 6.23. The number of carbonyl (C=O) groups is 3. The van der Waals surface area contributed by atoms with Crippen LogP contribution in [-0.4, -0.2) is 31.6 Å². The molecular formula is C17H19NO5. The number of methoxy groups -OCH3 is 2. The number of ether oxygens (including phenoxy) is 2. The Morgan fingerprint density at radius 1 is 1.17 bits per heavy atom. The van der Waals surface area contributed by atoms with Gasteiger partial charge in [-0.2, -0.15) is 0 Å². The van der Waals surface area contributed by atoms with Crippen molar-refractivity contribution < 1.29 is 23.9 Å². The van der Waals surface area contributed by atoms with Crippen LogP contribution in [0.1, 0.15) is 19.3 Å². The van der Waals surface area contributed by atoms with Crippen LogP contribution in [0.3, 0.4) is 0 Å². The third-order valence-electron chi connectivity index (χ3n) is 3.67. The molecule has 0 atom stereocenters. The number of benzene rings is 1. The van der Waals surface area contributed by atoms with Gasteiger partial charge in [0.25, 0.3) is 0 Å². The van der Waals surface area contributed by atoms with Gasteiger partial charge >= 0.3 is 0 Å². The van der Waals surface area contributed by atoms with Crippen molar-refractivity contribution in [2.45, 2.75) is 19.3 Å². The minimum absolute atomic E-state index is 0.285. The highest BCUT2D eigenvalue weighted by atomic mass is 16.5. The Morgan fingerprint density at radius 3 is 2.48 bits per heavy atom. The van der Waals surface area contributed by atoms with Crippen LogP contribution in [0.5, 0.6) is 11.5 Å². The molecule has 0 saturated heterocycles. The van der Waals surface area contributed by atoms with Crippen molar-refractivity contribution in [3.63, 3.8) is 0 Å². The number of hydrogen-bond donors (Lipinski definition) is 1. The average molecular weight is 317 g/mol. The molecule has 1 fully saturated rings. The zero-order valence-corrected chi connectivity index (χ0v) is 13.1. The predicted octanol–water partition coefficient (Wildman–Crippen LogP) is 2.14. The zero-order valence-electron chi connectivity index (χ0n) is 13.1. The standard InChI is InChI=1S/C17H19NO5/c1-22-11-6-7-16(23-2)12(10-11)18-9-8-15(21)17-13(19)4-3-5-14(17)20/h6-10,17-18H,3-5H2,1-2H3/b9-8+. The summed E-state index contributed by atoms with van der Waals surface area (Å²) in [6.07, 6.45) is 3.71. The van der Waals surface area contributed by atoms with Crippen LogP contribution in [0.15, 0.2) is 30.5 Å². The first-order chi connectivity index (χ1) is 11.1. The molecule has 1 aliphatic carbocycles. The summed E-state index contributed by atoms with van der Waals surface area (Å²) in [6, 6.07) is 5.19. The van der Waals surface area contributed by atoms with E-state index in [-0.39, 0.29) is 24.4 Å². The third-order valence-corrected chi connectivity index (χ3v) is 3.67. The first kappa shape index (κ1) is 16.7. The molecule has 0 aromatic heterocycles. The molecule has 0 radical (unpaired) electrons. The van der Waals surface area contributed by atoms with Crippen molar-refractivity contribution in [2.75, 3.05) is 19.5 Å². The van der Waals surface area contributed by atoms with Crippen molar-refractivity contribution in [3.8, 4) is 11.5 Å². The van der Waals surface area contributed by atoms with E-state index in [1.54, 1.807) is 25.3 Å². The number of ketones is 3. The lowest BCUT2D eigenvalue weighted by Crippen LogP contribution is -2.34. The van der Waals surface area contributed by atoms with Gasteiger partial charge < -0.3 is 14.8 Å². The van der Waals surface area contributed by atoms with Gasteiger partial charge in [0.1, 0.15) is 17.4 Å². The van der Waals surface area contributed by atoms with E-state index in [1.165, 1.54) is 19.4 Å². The summed E-state index contributed by atoms with van der Waals surface area (Å²) < 4.78 is 10.3. The smallest absolute Gasteiger partial charge is 0.175 e. The van der Waals surface area contributed by atoms with Gasteiger partial charge in [-0.1, -0.05) is 0 Å². The second kappa shape index (κ2) is 7.58. The van der Waals surface area contributed by atoms with E-state index in [0.717, 1.165) is 0 Å². The summed E-state index contributed by atoms with van der Waals surface area (Å²) in [6.45, 7) is 0. The Labute approximate surface area is 134 Å². The molecule has 1 aliphatic rings. The normalized spacial score (nSPS) is 15.7. The van der Waals surface area contributed by atoms with Crippen LogP contribution in [0.25, 0.3) is 0 Å². The molecule has 1 aromatic carbocycles. The number of rotatable bonds is 6. The predicted molar refractivity (Wildman–Crippen MR) is 84.7 cm³/mol. The average Bonchev–Trinajstić information content (AvgIpc) is 2.54. The quantitative estimate of drug-likeness (QED) is 0.639. The second-order valence-electron chi connectivity index (χ2n) is 5.17. The van der Waals surface area contributed by atoms with Crippen LogP contribution in [0.4, 0.5) is 5.69 Å². The second-order valence-corrected chi connectivity index (χ2v) is 5.17. The Kier molecular flexibility index (Phi) is 5.51. The molecule has 1 aromatic rings. The lowest BCUT2D eigenvalue weighted by molar-refractivity contribution is -0.140. The Morgan fingerprint density at radius 2 is 1.87 bits per heavy atom. The minimum atomic E-state index is -1.14. The fourth-order valence-electron chi connectivity index (χ4n) is 2.46. The number of carbonyl (C=O) groups excluding carboxylic acids is 3. The van der Waals surface area contributed by atoms with Crippen LogP contribution in [0, 0.1) is 5.92 Å². The van der Waals surface area contributed by atoms with Crippen molar-refractivity contribution in [1.82, 2.24) is 0 Å². The first-order valence-electron chi connectivity index (χ1n) is 7.31. The van der Waals surface area contributed by atoms with Crippen molar-refractivity contribution >= 4 is 23.0 Å². The molecule has 23 heavy (non-hydrogen) atoms. The Hall–Kier alpha value is -2.63. The minimum Gasteiger partial charge on any atom is -0.497 e. The maximum absolute atomic E-state index is 12.1. The molecule has 0 bridgehead atoms. The molecule has 0 unspecified atom stereocenters. The third kappa shape index (κ3) is 3.97. The van der Waals surface area contributed by atoms with Gasteiger partial charge in [-0.3, -0.25) is 14.4 Å². The van der Waals surface area contributed by atoms with Crippen LogP contribution < -0.4 is 14.8 Å². The summed E-state index contributed by atoms with van der Waals surface area (Å²) in [5.74, 6) is -1.02. The topological polar surface area (TPSA) is 81.7 Å². The van der Waals surface area contributed by atoms with Gasteiger partial charge in [0.05, 0.1) is 19.9 Å². The summed E-state index contributed by atoms with van der Waals surface area (Å²) >= 11 is 0. The molecule has 122 valence electrons. The van der Waals surface area contributed by atoms with Crippen molar-refractivity contribution in [3.05, 3.63) is 30.5 Å². The van der Waals surface area contributed by atoms with Crippen molar-refractivity contribution in [2.24, 2.45) is 5.92 Å². The number of hydrogen-bond acceptors (Lipinski definition) is 6. The Bertz CT molecular complexity index is 634. The molecule has 1 saturated carbocycles. The maximum Gasteiger partial charge on any atom is 0.175 e. The monoisotopic (exact) mass is 317 g/mol. The van der Waals surface area contributed by atoms with Crippen LogP contribution >= 0.6 is 0 Å². The SMILES string of the molecule is COc1ccc(OC)c(N/C=C/C(=O)C2C(=O)CCCC2=O)c1. The first-order valence-corrected chi connectivity index (χ1v) is 7.31. The van der Waals surface area contributed by atoms with E-state index in [2.05, 4.69) is 5.32 Å². The van der Waals surface area contributed by atoms with E-state index in [0.29, 0.717) is 23.6 Å². The fourth-order valence-corrected chi connectivity index (χ4v) is 2.46. The van der Waals surface area contributed by atoms with Crippen LogP contribution in [0.2, 0.25) is 0 Å². The summed E-state index contributed by atoms with van der Waals surface area (Å²) in [7, 11) is 3.08. The van der Waals surface area contributed by atoms with Gasteiger partial charge in [-0.25, -0.2) is 0 Å². The van der Waals surface area contributed by atoms with E-state index in [4.69, 9.17) is 9.47 Å². The van der Waals surface area contributed by atoms with E-state index >= 15 is 0 Å². The largest absolute Gasteiger partial charge is 0.497 e. The highest BCUT2D eigenvalue weighted by Crippen LogP contribution is 2.28. The lowest BCUT2D eigenvalue weighted by Gasteiger charge is -2.16. The zero-order chi connectivity index (χ0) is 16.8. The molecule has 6 heteroatoms. The van der Waals surface area contributed by atoms with E-state index in [9.17, 15) is 14.4 Å². The lowest BCUT2D eigenvalue weighted by atomic mass is 9.84. The number of allylic oxidation sites excluding steroid dienone is 1. The summed E-state index contributed by atoms with van der Waals surface area (Å²) in [5.41, 5.74) is 0.609. The van der Waals surface area contributed by atoms with E-state index in [1.807, 2.05) is 0 Å². The molecule has 0 heterocycles. The van der Waals surface area contributed by atoms with Gasteiger partial charge in [0.2, 0.25) is 0 Å². The molecule has 0 spiro atoms. The molecule has 0 aliphatic heterocycles. The summed E-state index contributed by atoms with van der Waals surface area (Å²) in [4.78, 5) is 35.5. The van der Waals surface area contributed by atoms with E-state index < -0.39 is 11.7 Å². The number of Topliss-reactive ketones (excluding diaryl/α,β-unsaturated/α-hetero) is 2. The van der Waals surface area contributed by atoms with Gasteiger partial charge in [-0.05, 0) is 24.6 Å². The molecular weight excluding hydrogens is 298 g/mol. The molecule has 1 N–H and O–H groups in total. The van der Waals surface area contributed by atoms with Crippen LogP contribution in [-0.2, 0) is 14.4 Å². The molecule has 6 nitrogen and oxygen atoms in total. The fraction of sp³-hybridized carbons (Fsp3) is 0.353. The molecule has 0 amide bonds. The maximum atomic E-state index is 12.1. The molecule has 2 rings (SSSR count). The van der Waals surface area contributed by atoms with Gasteiger partial charge in [-0.15, -0.1) is 0 Å². The Balaban J connectivity index is 2.07. The summed E-state index contributed by atoms with van der Waals surface area (Å²) in [5, 5.41) is 2.91. The number of anilines is 1. The number of nitrogens with one attached hydrogen (secondary N) is 1. The van der Waals surface area contributed by atoms with Gasteiger partial charge in [0.15, 0.2) is 17.3 Å². The highest BCUT2D eigenvalue weighted by Gasteiger charge is 2.34. The van der Waals surface area contributed by atoms with Crippen molar-refractivity contribution in [1.29, 1.82) is 0 Å². The van der Waals surface area contributed by atoms with Gasteiger partial charge in [0, 0.05) is 25.1 Å².